The smallest absolute Gasteiger partial charge is 0.234 e. The summed E-state index contributed by atoms with van der Waals surface area (Å²) >= 11 is 7.28. The zero-order valence-corrected chi connectivity index (χ0v) is 15.1. The van der Waals surface area contributed by atoms with Crippen LogP contribution in [-0.4, -0.2) is 31.4 Å². The van der Waals surface area contributed by atoms with Gasteiger partial charge in [0.05, 0.1) is 17.6 Å². The lowest BCUT2D eigenvalue weighted by Crippen LogP contribution is -2.14. The van der Waals surface area contributed by atoms with E-state index in [4.69, 9.17) is 11.6 Å². The summed E-state index contributed by atoms with van der Waals surface area (Å²) in [6, 6.07) is 11.0. The predicted octanol–water partition coefficient (Wildman–Crippen LogP) is 3.74. The molecule has 3 aromatic rings. The van der Waals surface area contributed by atoms with Gasteiger partial charge in [0.25, 0.3) is 0 Å². The summed E-state index contributed by atoms with van der Waals surface area (Å²) in [5.74, 6) is 0.888. The lowest BCUT2D eigenvalue weighted by molar-refractivity contribution is -0.113. The van der Waals surface area contributed by atoms with Gasteiger partial charge in [-0.25, -0.2) is 0 Å². The molecule has 1 N–H and O–H groups in total. The molecule has 0 spiro atoms. The number of carbonyl (C=O) groups excluding carboxylic acids is 1. The number of nitrogens with zero attached hydrogens (tertiary/aromatic N) is 4. The van der Waals surface area contributed by atoms with Crippen molar-refractivity contribution < 1.29 is 4.79 Å². The van der Waals surface area contributed by atoms with Gasteiger partial charge in [0.1, 0.15) is 0 Å². The van der Waals surface area contributed by atoms with Crippen LogP contribution in [0.3, 0.4) is 0 Å². The zero-order valence-electron chi connectivity index (χ0n) is 13.5. The van der Waals surface area contributed by atoms with Crippen molar-refractivity contribution in [1.82, 2.24) is 19.7 Å². The first-order chi connectivity index (χ1) is 12.2. The molecule has 6 nitrogen and oxygen atoms in total. The van der Waals surface area contributed by atoms with Crippen LogP contribution in [0.1, 0.15) is 6.92 Å². The van der Waals surface area contributed by atoms with Gasteiger partial charge in [0, 0.05) is 23.3 Å². The van der Waals surface area contributed by atoms with Crippen molar-refractivity contribution in [3.8, 4) is 11.4 Å². The molecular weight excluding hydrogens is 358 g/mol. The van der Waals surface area contributed by atoms with Gasteiger partial charge >= 0.3 is 0 Å². The number of nitrogens with one attached hydrogen (secondary N) is 1. The number of hydrogen-bond donors (Lipinski definition) is 1. The van der Waals surface area contributed by atoms with Gasteiger partial charge in [0.2, 0.25) is 5.91 Å². The maximum Gasteiger partial charge on any atom is 0.234 e. The van der Waals surface area contributed by atoms with Crippen LogP contribution in [0, 0.1) is 0 Å². The molecule has 128 valence electrons. The third-order valence-corrected chi connectivity index (χ3v) is 4.63. The molecule has 0 aliphatic rings. The molecule has 0 saturated carbocycles. The maximum absolute atomic E-state index is 12.1. The van der Waals surface area contributed by atoms with Crippen LogP contribution >= 0.6 is 23.4 Å². The van der Waals surface area contributed by atoms with E-state index in [1.807, 2.05) is 35.8 Å². The first-order valence-electron chi connectivity index (χ1n) is 7.69. The Morgan fingerprint density at radius 3 is 2.72 bits per heavy atom. The number of halogens is 1. The number of anilines is 1. The molecule has 0 aliphatic carbocycles. The third-order valence-electron chi connectivity index (χ3n) is 3.41. The lowest BCUT2D eigenvalue weighted by Gasteiger charge is -2.08. The standard InChI is InChI=1S/C17H16ClN5OS/c1-2-23-16(12-5-7-13(18)8-6-12)21-22-17(23)25-11-15(24)20-14-4-3-9-19-10-14/h3-10H,2,11H2,1H3,(H,20,24). The molecule has 2 heterocycles. The molecule has 1 amide bonds. The van der Waals surface area contributed by atoms with E-state index in [0.29, 0.717) is 22.4 Å². The Balaban J connectivity index is 1.69. The van der Waals surface area contributed by atoms with Crippen LogP contribution in [0.15, 0.2) is 53.9 Å². The van der Waals surface area contributed by atoms with E-state index in [9.17, 15) is 4.79 Å². The molecule has 3 rings (SSSR count). The summed E-state index contributed by atoms with van der Waals surface area (Å²) < 4.78 is 1.98. The fraction of sp³-hybridized carbons (Fsp3) is 0.176. The van der Waals surface area contributed by atoms with Crippen molar-refractivity contribution in [2.45, 2.75) is 18.6 Å². The summed E-state index contributed by atoms with van der Waals surface area (Å²) in [7, 11) is 0. The normalized spacial score (nSPS) is 10.6. The number of benzene rings is 1. The number of amides is 1. The summed E-state index contributed by atoms with van der Waals surface area (Å²) in [4.78, 5) is 16.0. The number of thioether (sulfide) groups is 1. The minimum absolute atomic E-state index is 0.114. The first kappa shape index (κ1) is 17.4. The molecule has 0 unspecified atom stereocenters. The molecular formula is C17H16ClN5OS. The monoisotopic (exact) mass is 373 g/mol. The molecule has 0 aliphatic heterocycles. The highest BCUT2D eigenvalue weighted by Gasteiger charge is 2.14. The van der Waals surface area contributed by atoms with Crippen molar-refractivity contribution in [2.75, 3.05) is 11.1 Å². The van der Waals surface area contributed by atoms with Crippen molar-refractivity contribution in [2.24, 2.45) is 0 Å². The summed E-state index contributed by atoms with van der Waals surface area (Å²) in [6.45, 7) is 2.72. The third kappa shape index (κ3) is 4.37. The highest BCUT2D eigenvalue weighted by atomic mass is 35.5. The molecule has 0 saturated heterocycles. The average molecular weight is 374 g/mol. The quantitative estimate of drug-likeness (QED) is 0.666. The summed E-state index contributed by atoms with van der Waals surface area (Å²) in [5.41, 5.74) is 1.61. The first-order valence-corrected chi connectivity index (χ1v) is 9.05. The van der Waals surface area contributed by atoms with Crippen molar-refractivity contribution in [3.05, 3.63) is 53.8 Å². The van der Waals surface area contributed by atoms with E-state index in [1.54, 1.807) is 24.5 Å². The number of carbonyl (C=O) groups is 1. The van der Waals surface area contributed by atoms with E-state index < -0.39 is 0 Å². The van der Waals surface area contributed by atoms with Gasteiger partial charge in [-0.15, -0.1) is 10.2 Å². The van der Waals surface area contributed by atoms with Gasteiger partial charge in [-0.1, -0.05) is 23.4 Å². The maximum atomic E-state index is 12.1. The molecule has 2 aromatic heterocycles. The summed E-state index contributed by atoms with van der Waals surface area (Å²) in [6.07, 6.45) is 3.27. The number of rotatable bonds is 6. The van der Waals surface area contributed by atoms with E-state index in [2.05, 4.69) is 20.5 Å². The van der Waals surface area contributed by atoms with E-state index >= 15 is 0 Å². The van der Waals surface area contributed by atoms with Crippen LogP contribution in [-0.2, 0) is 11.3 Å². The van der Waals surface area contributed by atoms with E-state index in [1.165, 1.54) is 11.8 Å². The number of pyridine rings is 1. The molecule has 25 heavy (non-hydrogen) atoms. The van der Waals surface area contributed by atoms with Crippen LogP contribution in [0.2, 0.25) is 5.02 Å². The van der Waals surface area contributed by atoms with E-state index in [-0.39, 0.29) is 11.7 Å². The Morgan fingerprint density at radius 1 is 1.24 bits per heavy atom. The fourth-order valence-corrected chi connectivity index (χ4v) is 3.19. The molecule has 0 bridgehead atoms. The van der Waals surface area contributed by atoms with Crippen LogP contribution in [0.25, 0.3) is 11.4 Å². The van der Waals surface area contributed by atoms with Crippen molar-refractivity contribution in [1.29, 1.82) is 0 Å². The Hall–Kier alpha value is -2.38. The fourth-order valence-electron chi connectivity index (χ4n) is 2.26. The Bertz CT molecular complexity index is 851. The molecule has 8 heteroatoms. The van der Waals surface area contributed by atoms with Gasteiger partial charge in [-0.2, -0.15) is 0 Å². The minimum Gasteiger partial charge on any atom is -0.324 e. The van der Waals surface area contributed by atoms with Gasteiger partial charge in [-0.05, 0) is 43.3 Å². The largest absolute Gasteiger partial charge is 0.324 e. The second-order valence-electron chi connectivity index (χ2n) is 5.14. The average Bonchev–Trinajstić information content (AvgIpc) is 3.04. The highest BCUT2D eigenvalue weighted by molar-refractivity contribution is 7.99. The van der Waals surface area contributed by atoms with E-state index in [0.717, 1.165) is 11.4 Å². The molecule has 0 atom stereocenters. The summed E-state index contributed by atoms with van der Waals surface area (Å²) in [5, 5.41) is 12.6. The predicted molar refractivity (Wildman–Crippen MR) is 99.7 cm³/mol. The van der Waals surface area contributed by atoms with Gasteiger partial charge < -0.3 is 9.88 Å². The van der Waals surface area contributed by atoms with Crippen molar-refractivity contribution >= 4 is 35.0 Å². The van der Waals surface area contributed by atoms with Crippen LogP contribution in [0.5, 0.6) is 0 Å². The topological polar surface area (TPSA) is 72.7 Å². The minimum atomic E-state index is -0.114. The Morgan fingerprint density at radius 2 is 2.04 bits per heavy atom. The number of aromatic nitrogens is 4. The molecule has 0 fully saturated rings. The zero-order chi connectivity index (χ0) is 17.6. The number of hydrogen-bond acceptors (Lipinski definition) is 5. The highest BCUT2D eigenvalue weighted by Crippen LogP contribution is 2.25. The van der Waals surface area contributed by atoms with Gasteiger partial charge in [-0.3, -0.25) is 9.78 Å². The Labute approximate surface area is 154 Å². The Kier molecular flexibility index (Phi) is 5.67. The van der Waals surface area contributed by atoms with Gasteiger partial charge in [0.15, 0.2) is 11.0 Å². The molecule has 0 radical (unpaired) electrons. The van der Waals surface area contributed by atoms with Crippen LogP contribution < -0.4 is 5.32 Å². The second-order valence-corrected chi connectivity index (χ2v) is 6.51. The SMILES string of the molecule is CCn1c(SCC(=O)Nc2cccnc2)nnc1-c1ccc(Cl)cc1. The van der Waals surface area contributed by atoms with Crippen LogP contribution in [0.4, 0.5) is 5.69 Å². The molecule has 1 aromatic carbocycles. The lowest BCUT2D eigenvalue weighted by atomic mass is 10.2. The second kappa shape index (κ2) is 8.13. The van der Waals surface area contributed by atoms with Crippen molar-refractivity contribution in [3.63, 3.8) is 0 Å².